The van der Waals surface area contributed by atoms with Crippen molar-refractivity contribution in [2.75, 3.05) is 0 Å². The van der Waals surface area contributed by atoms with Crippen molar-refractivity contribution in [3.05, 3.63) is 255 Å². The molecule has 0 fully saturated rings. The molecule has 10 aromatic carbocycles. The van der Waals surface area contributed by atoms with Crippen LogP contribution in [0.3, 0.4) is 0 Å². The number of nitrogens with zero attached hydrogens (tertiary/aromatic N) is 6. The van der Waals surface area contributed by atoms with Crippen molar-refractivity contribution in [2.24, 2.45) is 5.92 Å². The molecule has 1 unspecified atom stereocenters. The number of benzene rings is 10. The second kappa shape index (κ2) is 19.2. The van der Waals surface area contributed by atoms with Gasteiger partial charge in [0.05, 0.1) is 33.4 Å². The number of imidazole rings is 2. The van der Waals surface area contributed by atoms with Crippen LogP contribution in [0.1, 0.15) is 25.8 Å². The molecule has 0 aliphatic carbocycles. The standard InChI is InChI=1S/C38H30N3.C33H20N3.Ir/c1-3-25(2)22-26-12-16-29(17-13-26)41-36-11-7-6-9-31(36)34-24-28(15-19-37(34)41)27-14-18-35-33(23-27)30-8-4-5-10-32(30)38-39-20-21-40(35)38;1-2-8-24(9-3-1)36-31-13-7-6-11-26(31)29-21-23(15-17-32(29)36)22-14-16-30-28(20-22)25-10-4-5-12-27(25)33-34-18-19-35(30)33;/h4-9,11-21,23-25H,3,22H2,1-2H3;1-11,13-21H;/q2*-1;. The molecule has 78 heavy (non-hydrogen) atoms. The first kappa shape index (κ1) is 47.3. The third-order valence-corrected chi connectivity index (χ3v) is 16.0. The molecule has 1 radical (unpaired) electrons. The minimum absolute atomic E-state index is 0. The van der Waals surface area contributed by atoms with Crippen molar-refractivity contribution in [2.45, 2.75) is 26.7 Å². The van der Waals surface area contributed by atoms with E-state index in [0.29, 0.717) is 5.92 Å². The van der Waals surface area contributed by atoms with Gasteiger partial charge < -0.3 is 17.9 Å². The second-order valence-electron chi connectivity index (χ2n) is 20.5. The summed E-state index contributed by atoms with van der Waals surface area (Å²) in [6.45, 7) is 4.59. The van der Waals surface area contributed by atoms with E-state index in [4.69, 9.17) is 0 Å². The van der Waals surface area contributed by atoms with Gasteiger partial charge in [0.25, 0.3) is 0 Å². The minimum Gasteiger partial charge on any atom is -0.340 e. The molecule has 0 saturated carbocycles. The molecule has 0 N–H and O–H groups in total. The van der Waals surface area contributed by atoms with Crippen molar-refractivity contribution < 1.29 is 20.1 Å². The monoisotopic (exact) mass is 1180 g/mol. The quantitative estimate of drug-likeness (QED) is 0.118. The Morgan fingerprint density at radius 1 is 0.397 bits per heavy atom. The van der Waals surface area contributed by atoms with E-state index < -0.39 is 0 Å². The molecule has 0 saturated heterocycles. The van der Waals surface area contributed by atoms with E-state index in [2.05, 4.69) is 254 Å². The fourth-order valence-electron chi connectivity index (χ4n) is 12.1. The Balaban J connectivity index is 0.000000141. The van der Waals surface area contributed by atoms with Crippen LogP contribution >= 0.6 is 0 Å². The Hall–Kier alpha value is -9.13. The third-order valence-electron chi connectivity index (χ3n) is 16.0. The molecule has 7 heteroatoms. The number of hydrogen-bond acceptors (Lipinski definition) is 2. The van der Waals surface area contributed by atoms with E-state index in [1.807, 2.05) is 36.9 Å². The number of rotatable bonds is 7. The van der Waals surface area contributed by atoms with Crippen LogP contribution < -0.4 is 0 Å². The maximum Gasteiger partial charge on any atom is 0.0608 e. The Morgan fingerprint density at radius 3 is 1.27 bits per heavy atom. The van der Waals surface area contributed by atoms with Crippen molar-refractivity contribution in [3.63, 3.8) is 0 Å². The fourth-order valence-corrected chi connectivity index (χ4v) is 12.1. The summed E-state index contributed by atoms with van der Waals surface area (Å²) in [4.78, 5) is 9.22. The van der Waals surface area contributed by atoms with Crippen LogP contribution in [-0.4, -0.2) is 27.9 Å². The average Bonchev–Trinajstić information content (AvgIpc) is 4.41. The van der Waals surface area contributed by atoms with E-state index >= 15 is 0 Å². The van der Waals surface area contributed by atoms with Crippen LogP contribution in [0.4, 0.5) is 0 Å². The molecule has 6 nitrogen and oxygen atoms in total. The Kier molecular flexibility index (Phi) is 11.6. The number of pyridine rings is 2. The molecule has 1 atom stereocenters. The predicted molar refractivity (Wildman–Crippen MR) is 321 cm³/mol. The van der Waals surface area contributed by atoms with Crippen LogP contribution in [0.2, 0.25) is 0 Å². The Labute approximate surface area is 464 Å². The first-order chi connectivity index (χ1) is 38.1. The summed E-state index contributed by atoms with van der Waals surface area (Å²) in [6.07, 6.45) is 10.1. The van der Waals surface area contributed by atoms with Crippen LogP contribution in [-0.2, 0) is 26.5 Å². The van der Waals surface area contributed by atoms with Gasteiger partial charge in [-0.05, 0) is 124 Å². The second-order valence-corrected chi connectivity index (χ2v) is 20.5. The van der Waals surface area contributed by atoms with E-state index in [9.17, 15) is 0 Å². The summed E-state index contributed by atoms with van der Waals surface area (Å²) in [5.74, 6) is 0.699. The SMILES string of the molecule is CCC(C)Cc1ccc(-n2c3ccccc3c3cc(-c4ccc5c(c4)c4ccc[c-]c4c4nccn54)ccc32)cc1.[Ir].[c-]1cccc2c1c1nccn1c1ccc(-c3ccc4c(c3)c3ccccc3n4-c3ccccc3)cc21. The zero-order chi connectivity index (χ0) is 51.1. The van der Waals surface area contributed by atoms with Gasteiger partial charge >= 0.3 is 0 Å². The molecule has 0 amide bonds. The molecule has 16 aromatic rings. The number of hydrogen-bond donors (Lipinski definition) is 0. The zero-order valence-electron chi connectivity index (χ0n) is 43.0. The van der Waals surface area contributed by atoms with Gasteiger partial charge in [-0.3, -0.25) is 9.97 Å². The molecule has 0 bridgehead atoms. The predicted octanol–water partition coefficient (Wildman–Crippen LogP) is 18.0. The fraction of sp³-hybridized carbons (Fsp3) is 0.0704. The maximum atomic E-state index is 4.62. The smallest absolute Gasteiger partial charge is 0.0608 e. The molecular formula is C71H50IrN6-2. The van der Waals surface area contributed by atoms with Crippen LogP contribution in [0.5, 0.6) is 0 Å². The number of aromatic nitrogens is 6. The van der Waals surface area contributed by atoms with Gasteiger partial charge in [0.1, 0.15) is 0 Å². The van der Waals surface area contributed by atoms with Gasteiger partial charge in [-0.1, -0.05) is 134 Å². The molecule has 0 spiro atoms. The average molecular weight is 1180 g/mol. The van der Waals surface area contributed by atoms with Gasteiger partial charge in [0.2, 0.25) is 0 Å². The molecule has 0 aliphatic rings. The van der Waals surface area contributed by atoms with E-state index in [-0.39, 0.29) is 20.1 Å². The van der Waals surface area contributed by atoms with Gasteiger partial charge in [-0.2, -0.15) is 0 Å². The van der Waals surface area contributed by atoms with Crippen LogP contribution in [0, 0.1) is 18.1 Å². The first-order valence-corrected chi connectivity index (χ1v) is 26.7. The zero-order valence-corrected chi connectivity index (χ0v) is 45.4. The third kappa shape index (κ3) is 7.64. The van der Waals surface area contributed by atoms with E-state index in [0.717, 1.165) is 39.5 Å². The number of fused-ring (bicyclic) bond motifs is 18. The van der Waals surface area contributed by atoms with Crippen molar-refractivity contribution in [1.29, 1.82) is 0 Å². The van der Waals surface area contributed by atoms with Crippen molar-refractivity contribution >= 4 is 98.3 Å². The summed E-state index contributed by atoms with van der Waals surface area (Å²) >= 11 is 0. The molecule has 16 rings (SSSR count). The molecule has 0 aliphatic heterocycles. The topological polar surface area (TPSA) is 44.5 Å². The summed E-state index contributed by atoms with van der Waals surface area (Å²) in [7, 11) is 0. The van der Waals surface area contributed by atoms with Crippen molar-refractivity contribution in [3.8, 4) is 33.6 Å². The van der Waals surface area contributed by atoms with Crippen LogP contribution in [0.15, 0.2) is 237 Å². The van der Waals surface area contributed by atoms with Gasteiger partial charge in [0.15, 0.2) is 0 Å². The largest absolute Gasteiger partial charge is 0.340 e. The summed E-state index contributed by atoms with van der Waals surface area (Å²) in [6, 6.07) is 83.6. The first-order valence-electron chi connectivity index (χ1n) is 26.7. The number of para-hydroxylation sites is 3. The molecular weight excluding hydrogens is 1130 g/mol. The van der Waals surface area contributed by atoms with Crippen molar-refractivity contribution in [1.82, 2.24) is 27.9 Å². The molecule has 6 heterocycles. The summed E-state index contributed by atoms with van der Waals surface area (Å²) < 4.78 is 9.09. The van der Waals surface area contributed by atoms with E-state index in [1.54, 1.807) is 0 Å². The van der Waals surface area contributed by atoms with Gasteiger partial charge in [-0.25, -0.2) is 0 Å². The van der Waals surface area contributed by atoms with Gasteiger partial charge in [-0.15, -0.1) is 59.3 Å². The van der Waals surface area contributed by atoms with Crippen LogP contribution in [0.25, 0.3) is 132 Å². The summed E-state index contributed by atoms with van der Waals surface area (Å²) in [5, 5.41) is 11.9. The van der Waals surface area contributed by atoms with E-state index in [1.165, 1.54) is 111 Å². The molecule has 375 valence electrons. The normalized spacial score (nSPS) is 12.2. The molecule has 6 aromatic heterocycles. The maximum absolute atomic E-state index is 4.62. The summed E-state index contributed by atoms with van der Waals surface area (Å²) in [5.41, 5.74) is 17.7. The van der Waals surface area contributed by atoms with Gasteiger partial charge in [0, 0.05) is 88.8 Å². The minimum atomic E-state index is 0. The Morgan fingerprint density at radius 2 is 0.795 bits per heavy atom. The Bertz CT molecular complexity index is 4960.